The minimum Gasteiger partial charge on any atom is -0.412 e. The van der Waals surface area contributed by atoms with Gasteiger partial charge in [0.15, 0.2) is 5.65 Å². The Hall–Kier alpha value is -3.41. The third-order valence-electron chi connectivity index (χ3n) is 4.09. The summed E-state index contributed by atoms with van der Waals surface area (Å²) in [4.78, 5) is 18.6. The first-order chi connectivity index (χ1) is 12.3. The van der Waals surface area contributed by atoms with Crippen LogP contribution in [0.4, 0.5) is 5.95 Å². The van der Waals surface area contributed by atoms with Crippen LogP contribution in [0.1, 0.15) is 11.3 Å². The fraction of sp³-hybridized carbons (Fsp3) is 0.105. The van der Waals surface area contributed by atoms with E-state index in [0.29, 0.717) is 17.6 Å². The first-order valence-electron chi connectivity index (χ1n) is 7.93. The molecule has 3 heterocycles. The summed E-state index contributed by atoms with van der Waals surface area (Å²) < 4.78 is 1.44. The molecule has 0 bridgehead atoms. The number of aromatic nitrogens is 4. The first-order valence-corrected chi connectivity index (χ1v) is 7.93. The van der Waals surface area contributed by atoms with Gasteiger partial charge < -0.3 is 10.6 Å². The molecule has 2 N–H and O–H groups in total. The number of fused-ring (bicyclic) bond motifs is 1. The predicted octanol–water partition coefficient (Wildman–Crippen LogP) is 2.72. The van der Waals surface area contributed by atoms with E-state index in [1.165, 1.54) is 10.3 Å². The highest BCUT2D eigenvalue weighted by molar-refractivity contribution is 5.82. The summed E-state index contributed by atoms with van der Waals surface area (Å²) in [5.74, 6) is 0.280. The lowest BCUT2D eigenvalue weighted by atomic mass is 10.00. The maximum atomic E-state index is 5.93. The number of nitrogens with zero attached hydrogens (tertiary/aromatic N) is 4. The van der Waals surface area contributed by atoms with Crippen molar-refractivity contribution in [3.8, 4) is 11.1 Å². The van der Waals surface area contributed by atoms with E-state index in [2.05, 4.69) is 22.1 Å². The molecule has 0 aliphatic carbocycles. The van der Waals surface area contributed by atoms with Gasteiger partial charge in [-0.05, 0) is 29.3 Å². The molecular formula is C19H17N5O. The van der Waals surface area contributed by atoms with Crippen LogP contribution in [0, 0.1) is 0 Å². The molecule has 0 atom stereocenters. The monoisotopic (exact) mass is 331 g/mol. The van der Waals surface area contributed by atoms with Gasteiger partial charge >= 0.3 is 0 Å². The lowest BCUT2D eigenvalue weighted by molar-refractivity contribution is 0.181. The van der Waals surface area contributed by atoms with Crippen LogP contribution in [0.15, 0.2) is 60.9 Å². The quantitative estimate of drug-likeness (QED) is 0.622. The highest BCUT2D eigenvalue weighted by atomic mass is 16.6. The Morgan fingerprint density at radius 3 is 2.52 bits per heavy atom. The van der Waals surface area contributed by atoms with Gasteiger partial charge in [-0.25, -0.2) is 9.97 Å². The topological polar surface area (TPSA) is 78.9 Å². The van der Waals surface area contributed by atoms with Crippen LogP contribution in [0.3, 0.4) is 0 Å². The Morgan fingerprint density at radius 2 is 1.80 bits per heavy atom. The van der Waals surface area contributed by atoms with E-state index < -0.39 is 0 Å². The van der Waals surface area contributed by atoms with Gasteiger partial charge in [0.2, 0.25) is 5.95 Å². The number of anilines is 1. The summed E-state index contributed by atoms with van der Waals surface area (Å²) in [6.45, 7) is 0. The van der Waals surface area contributed by atoms with E-state index in [1.807, 2.05) is 36.4 Å². The molecular weight excluding hydrogens is 314 g/mol. The van der Waals surface area contributed by atoms with Crippen molar-refractivity contribution < 1.29 is 4.84 Å². The second kappa shape index (κ2) is 6.24. The Labute approximate surface area is 144 Å². The van der Waals surface area contributed by atoms with E-state index in [-0.39, 0.29) is 5.95 Å². The number of hydrogen-bond acceptors (Lipinski definition) is 5. The van der Waals surface area contributed by atoms with Crippen molar-refractivity contribution in [1.29, 1.82) is 0 Å². The predicted molar refractivity (Wildman–Crippen MR) is 96.9 cm³/mol. The standard InChI is InChI=1S/C19H17N5O/c1-25-24-18-17(23-19(24)20)12-15(14-7-9-21-10-8-14)16(22-18)11-13-5-3-2-4-6-13/h2-10,12H,11H2,1H3,(H2,20,23). The molecule has 0 fully saturated rings. The Bertz CT molecular complexity index is 1010. The van der Waals surface area contributed by atoms with Gasteiger partial charge in [0, 0.05) is 24.4 Å². The molecule has 0 saturated carbocycles. The molecule has 124 valence electrons. The maximum absolute atomic E-state index is 5.93. The number of pyridine rings is 2. The van der Waals surface area contributed by atoms with Gasteiger partial charge in [-0.15, -0.1) is 4.73 Å². The van der Waals surface area contributed by atoms with Gasteiger partial charge in [0.1, 0.15) is 12.6 Å². The van der Waals surface area contributed by atoms with E-state index in [9.17, 15) is 0 Å². The molecule has 6 heteroatoms. The molecule has 0 aliphatic rings. The third kappa shape index (κ3) is 2.78. The average Bonchev–Trinajstić information content (AvgIpc) is 2.96. The fourth-order valence-corrected chi connectivity index (χ4v) is 2.92. The van der Waals surface area contributed by atoms with Gasteiger partial charge in [-0.3, -0.25) is 4.98 Å². The number of rotatable bonds is 4. The van der Waals surface area contributed by atoms with Crippen LogP contribution in [0.2, 0.25) is 0 Å². The molecule has 4 rings (SSSR count). The molecule has 0 unspecified atom stereocenters. The van der Waals surface area contributed by atoms with Crippen LogP contribution in [0.25, 0.3) is 22.3 Å². The lowest BCUT2D eigenvalue weighted by Crippen LogP contribution is -2.10. The summed E-state index contributed by atoms with van der Waals surface area (Å²) in [6, 6.07) is 16.2. The molecule has 0 aliphatic heterocycles. The van der Waals surface area contributed by atoms with Gasteiger partial charge in [-0.2, -0.15) is 0 Å². The van der Waals surface area contributed by atoms with E-state index in [4.69, 9.17) is 15.6 Å². The molecule has 0 saturated heterocycles. The van der Waals surface area contributed by atoms with Crippen molar-refractivity contribution in [3.05, 3.63) is 72.2 Å². The zero-order valence-corrected chi connectivity index (χ0v) is 13.8. The van der Waals surface area contributed by atoms with Crippen LogP contribution in [-0.2, 0) is 6.42 Å². The molecule has 0 spiro atoms. The SMILES string of the molecule is COn1c(N)nc2cc(-c3ccncc3)c(Cc3ccccc3)nc21. The Kier molecular flexibility index (Phi) is 3.78. The lowest BCUT2D eigenvalue weighted by Gasteiger charge is -2.10. The molecule has 1 aromatic carbocycles. The van der Waals surface area contributed by atoms with Crippen LogP contribution in [0.5, 0.6) is 0 Å². The molecule has 6 nitrogen and oxygen atoms in total. The molecule has 0 radical (unpaired) electrons. The van der Waals surface area contributed by atoms with Crippen molar-refractivity contribution in [1.82, 2.24) is 19.7 Å². The van der Waals surface area contributed by atoms with E-state index in [1.54, 1.807) is 19.5 Å². The Morgan fingerprint density at radius 1 is 1.04 bits per heavy atom. The smallest absolute Gasteiger partial charge is 0.237 e. The van der Waals surface area contributed by atoms with Gasteiger partial charge in [0.05, 0.1) is 5.69 Å². The molecule has 4 aromatic rings. The molecule has 3 aromatic heterocycles. The van der Waals surface area contributed by atoms with Crippen LogP contribution in [-0.4, -0.2) is 26.8 Å². The van der Waals surface area contributed by atoms with E-state index >= 15 is 0 Å². The minimum absolute atomic E-state index is 0.280. The average molecular weight is 331 g/mol. The second-order valence-electron chi connectivity index (χ2n) is 5.67. The van der Waals surface area contributed by atoms with Crippen molar-refractivity contribution in [2.75, 3.05) is 12.8 Å². The summed E-state index contributed by atoms with van der Waals surface area (Å²) in [6.07, 6.45) is 4.24. The Balaban J connectivity index is 1.93. The molecule has 0 amide bonds. The first kappa shape index (κ1) is 15.1. The number of nitrogen functional groups attached to an aromatic ring is 1. The van der Waals surface area contributed by atoms with E-state index in [0.717, 1.165) is 16.8 Å². The van der Waals surface area contributed by atoms with Gasteiger partial charge in [0.25, 0.3) is 0 Å². The van der Waals surface area contributed by atoms with Crippen molar-refractivity contribution >= 4 is 17.1 Å². The highest BCUT2D eigenvalue weighted by Crippen LogP contribution is 2.28. The third-order valence-corrected chi connectivity index (χ3v) is 4.09. The maximum Gasteiger partial charge on any atom is 0.237 e. The largest absolute Gasteiger partial charge is 0.412 e. The van der Waals surface area contributed by atoms with Crippen molar-refractivity contribution in [2.24, 2.45) is 0 Å². The fourth-order valence-electron chi connectivity index (χ4n) is 2.92. The number of hydrogen-bond donors (Lipinski definition) is 1. The minimum atomic E-state index is 0.280. The number of benzene rings is 1. The summed E-state index contributed by atoms with van der Waals surface area (Å²) in [7, 11) is 1.55. The number of nitrogens with two attached hydrogens (primary N) is 1. The number of imidazole rings is 1. The zero-order chi connectivity index (χ0) is 17.2. The normalized spacial score (nSPS) is 10.9. The van der Waals surface area contributed by atoms with Crippen LogP contribution < -0.4 is 10.6 Å². The van der Waals surface area contributed by atoms with Crippen LogP contribution >= 0.6 is 0 Å². The summed E-state index contributed by atoms with van der Waals surface area (Å²) in [5.41, 5.74) is 11.4. The van der Waals surface area contributed by atoms with Gasteiger partial charge in [-0.1, -0.05) is 30.3 Å². The summed E-state index contributed by atoms with van der Waals surface area (Å²) in [5, 5.41) is 0. The molecule has 25 heavy (non-hydrogen) atoms. The van der Waals surface area contributed by atoms with Crippen molar-refractivity contribution in [2.45, 2.75) is 6.42 Å². The summed E-state index contributed by atoms with van der Waals surface area (Å²) >= 11 is 0. The highest BCUT2D eigenvalue weighted by Gasteiger charge is 2.16. The zero-order valence-electron chi connectivity index (χ0n) is 13.8. The second-order valence-corrected chi connectivity index (χ2v) is 5.67. The van der Waals surface area contributed by atoms with Crippen molar-refractivity contribution in [3.63, 3.8) is 0 Å².